The molecule has 0 bridgehead atoms. The number of aryl methyl sites for hydroxylation is 2. The van der Waals surface area contributed by atoms with Crippen molar-refractivity contribution in [2.45, 2.75) is 19.8 Å². The number of carboxylic acid groups (broad SMARTS) is 1. The molecule has 2 heterocycles. The van der Waals surface area contributed by atoms with Crippen molar-refractivity contribution in [1.82, 2.24) is 4.57 Å². The summed E-state index contributed by atoms with van der Waals surface area (Å²) >= 11 is 0. The molecule has 0 fully saturated rings. The monoisotopic (exact) mass is 275 g/mol. The molecule has 0 spiro atoms. The average Bonchev–Trinajstić information content (AvgIpc) is 2.66. The third-order valence-electron chi connectivity index (χ3n) is 3.84. The van der Waals surface area contributed by atoms with Crippen LogP contribution in [0.15, 0.2) is 12.1 Å². The number of ether oxygens (including phenoxy) is 2. The molecule has 1 aliphatic rings. The topological polar surface area (TPSA) is 60.7 Å². The Bertz CT molecular complexity index is 638. The van der Waals surface area contributed by atoms with Crippen LogP contribution in [0.5, 0.6) is 11.5 Å². The van der Waals surface area contributed by atoms with Crippen molar-refractivity contribution in [2.75, 3.05) is 13.2 Å². The van der Waals surface area contributed by atoms with Crippen molar-refractivity contribution in [3.05, 3.63) is 23.4 Å². The lowest BCUT2D eigenvalue weighted by molar-refractivity contribution is -0.136. The highest BCUT2D eigenvalue weighted by molar-refractivity contribution is 5.88. The molecule has 0 unspecified atom stereocenters. The lowest BCUT2D eigenvalue weighted by Crippen LogP contribution is -2.15. The van der Waals surface area contributed by atoms with Crippen LogP contribution >= 0.6 is 0 Å². The number of aliphatic carboxylic acids is 1. The first-order chi connectivity index (χ1) is 9.58. The van der Waals surface area contributed by atoms with Gasteiger partial charge in [0.25, 0.3) is 0 Å². The lowest BCUT2D eigenvalue weighted by atomic mass is 10.1. The van der Waals surface area contributed by atoms with Gasteiger partial charge in [-0.2, -0.15) is 0 Å². The Morgan fingerprint density at radius 1 is 1.30 bits per heavy atom. The van der Waals surface area contributed by atoms with E-state index < -0.39 is 5.97 Å². The molecule has 106 valence electrons. The summed E-state index contributed by atoms with van der Waals surface area (Å²) in [7, 11) is 1.96. The molecular formula is C15H17NO4. The van der Waals surface area contributed by atoms with Crippen molar-refractivity contribution in [3.8, 4) is 11.5 Å². The third kappa shape index (κ3) is 1.99. The van der Waals surface area contributed by atoms with Gasteiger partial charge in [0, 0.05) is 24.2 Å². The van der Waals surface area contributed by atoms with Gasteiger partial charge in [0.15, 0.2) is 11.5 Å². The maximum Gasteiger partial charge on any atom is 0.303 e. The van der Waals surface area contributed by atoms with E-state index >= 15 is 0 Å². The summed E-state index contributed by atoms with van der Waals surface area (Å²) in [6.45, 7) is 3.15. The van der Waals surface area contributed by atoms with E-state index in [1.807, 2.05) is 30.7 Å². The Hall–Kier alpha value is -2.17. The first-order valence-corrected chi connectivity index (χ1v) is 6.67. The Morgan fingerprint density at radius 2 is 1.95 bits per heavy atom. The predicted octanol–water partition coefficient (Wildman–Crippen LogP) is 2.28. The summed E-state index contributed by atoms with van der Waals surface area (Å²) in [5.74, 6) is 0.747. The quantitative estimate of drug-likeness (QED) is 0.933. The fourth-order valence-corrected chi connectivity index (χ4v) is 2.79. The van der Waals surface area contributed by atoms with E-state index in [1.165, 1.54) is 0 Å². The summed E-state index contributed by atoms with van der Waals surface area (Å²) in [5.41, 5.74) is 3.21. The van der Waals surface area contributed by atoms with Crippen LogP contribution in [-0.4, -0.2) is 28.9 Å². The molecule has 5 heteroatoms. The normalized spacial score (nSPS) is 13.7. The van der Waals surface area contributed by atoms with Crippen LogP contribution in [0.4, 0.5) is 0 Å². The largest absolute Gasteiger partial charge is 0.486 e. The van der Waals surface area contributed by atoms with Crippen molar-refractivity contribution >= 4 is 16.9 Å². The number of aromatic nitrogens is 1. The van der Waals surface area contributed by atoms with E-state index in [0.717, 1.165) is 33.7 Å². The summed E-state index contributed by atoms with van der Waals surface area (Å²) in [6.07, 6.45) is 0.663. The molecule has 5 nitrogen and oxygen atoms in total. The van der Waals surface area contributed by atoms with Crippen molar-refractivity contribution in [3.63, 3.8) is 0 Å². The zero-order valence-corrected chi connectivity index (χ0v) is 11.6. The number of hydrogen-bond donors (Lipinski definition) is 1. The number of benzene rings is 1. The number of fused-ring (bicyclic) bond motifs is 2. The maximum absolute atomic E-state index is 10.8. The van der Waals surface area contributed by atoms with E-state index in [0.29, 0.717) is 19.6 Å². The maximum atomic E-state index is 10.8. The van der Waals surface area contributed by atoms with Gasteiger partial charge >= 0.3 is 5.97 Å². The van der Waals surface area contributed by atoms with Gasteiger partial charge in [-0.1, -0.05) is 0 Å². The van der Waals surface area contributed by atoms with Crippen molar-refractivity contribution in [2.24, 2.45) is 7.05 Å². The minimum absolute atomic E-state index is 0.137. The second-order valence-corrected chi connectivity index (χ2v) is 5.04. The molecule has 3 rings (SSSR count). The van der Waals surface area contributed by atoms with Gasteiger partial charge in [-0.05, 0) is 25.0 Å². The summed E-state index contributed by atoms with van der Waals surface area (Å²) in [5, 5.41) is 9.95. The molecule has 0 saturated carbocycles. The number of carboxylic acids is 1. The molecule has 1 aliphatic heterocycles. The SMILES string of the molecule is Cc1c(CCC(=O)O)n(C)c2cc3c(cc12)OCCO3. The molecule has 1 aromatic heterocycles. The van der Waals surface area contributed by atoms with Crippen LogP contribution < -0.4 is 9.47 Å². The van der Waals surface area contributed by atoms with E-state index in [4.69, 9.17) is 14.6 Å². The van der Waals surface area contributed by atoms with Gasteiger partial charge in [-0.15, -0.1) is 0 Å². The molecule has 1 N–H and O–H groups in total. The van der Waals surface area contributed by atoms with E-state index in [1.54, 1.807) is 0 Å². The molecule has 0 radical (unpaired) electrons. The molecule has 2 aromatic rings. The Morgan fingerprint density at radius 3 is 2.60 bits per heavy atom. The zero-order chi connectivity index (χ0) is 14.3. The van der Waals surface area contributed by atoms with Crippen LogP contribution in [0.3, 0.4) is 0 Å². The highest BCUT2D eigenvalue weighted by atomic mass is 16.6. The average molecular weight is 275 g/mol. The molecule has 0 amide bonds. The van der Waals surface area contributed by atoms with E-state index in [9.17, 15) is 4.79 Å². The summed E-state index contributed by atoms with van der Waals surface area (Å²) in [6, 6.07) is 3.96. The highest BCUT2D eigenvalue weighted by Crippen LogP contribution is 2.37. The Kier molecular flexibility index (Phi) is 3.04. The fourth-order valence-electron chi connectivity index (χ4n) is 2.79. The number of nitrogens with zero attached hydrogens (tertiary/aromatic N) is 1. The molecule has 20 heavy (non-hydrogen) atoms. The highest BCUT2D eigenvalue weighted by Gasteiger charge is 2.18. The van der Waals surface area contributed by atoms with Gasteiger partial charge in [-0.25, -0.2) is 0 Å². The number of hydrogen-bond acceptors (Lipinski definition) is 3. The molecular weight excluding hydrogens is 258 g/mol. The van der Waals surface area contributed by atoms with Gasteiger partial charge in [0.05, 0.1) is 11.9 Å². The van der Waals surface area contributed by atoms with Crippen molar-refractivity contribution < 1.29 is 19.4 Å². The van der Waals surface area contributed by atoms with Crippen LogP contribution in [0.2, 0.25) is 0 Å². The molecule has 0 atom stereocenters. The van der Waals surface area contributed by atoms with Gasteiger partial charge in [0.2, 0.25) is 0 Å². The molecule has 0 saturated heterocycles. The first-order valence-electron chi connectivity index (χ1n) is 6.67. The van der Waals surface area contributed by atoms with Crippen LogP contribution in [0.25, 0.3) is 10.9 Å². The minimum atomic E-state index is -0.777. The van der Waals surface area contributed by atoms with Crippen LogP contribution in [-0.2, 0) is 18.3 Å². The van der Waals surface area contributed by atoms with Gasteiger partial charge in [-0.3, -0.25) is 4.79 Å². The predicted molar refractivity (Wildman–Crippen MR) is 74.6 cm³/mol. The lowest BCUT2D eigenvalue weighted by Gasteiger charge is -2.18. The minimum Gasteiger partial charge on any atom is -0.486 e. The third-order valence-corrected chi connectivity index (χ3v) is 3.84. The van der Waals surface area contributed by atoms with Gasteiger partial charge < -0.3 is 19.1 Å². The number of carbonyl (C=O) groups is 1. The Balaban J connectivity index is 2.11. The standard InChI is InChI=1S/C15H17NO4/c1-9-10-7-13-14(20-6-5-19-13)8-12(10)16(2)11(9)3-4-15(17)18/h7-8H,3-6H2,1-2H3,(H,17,18). The van der Waals surface area contributed by atoms with Crippen molar-refractivity contribution in [1.29, 1.82) is 0 Å². The summed E-state index contributed by atoms with van der Waals surface area (Å²) < 4.78 is 13.3. The van der Waals surface area contributed by atoms with E-state index in [2.05, 4.69) is 0 Å². The fraction of sp³-hybridized carbons (Fsp3) is 0.400. The first kappa shape index (κ1) is 12.8. The van der Waals surface area contributed by atoms with Crippen LogP contribution in [0, 0.1) is 6.92 Å². The van der Waals surface area contributed by atoms with Gasteiger partial charge in [0.1, 0.15) is 13.2 Å². The second kappa shape index (κ2) is 4.74. The molecule has 0 aliphatic carbocycles. The molecule has 1 aromatic carbocycles. The Labute approximate surface area is 116 Å². The number of rotatable bonds is 3. The zero-order valence-electron chi connectivity index (χ0n) is 11.6. The second-order valence-electron chi connectivity index (χ2n) is 5.04. The summed E-state index contributed by atoms with van der Waals surface area (Å²) in [4.78, 5) is 10.8. The smallest absolute Gasteiger partial charge is 0.303 e. The van der Waals surface area contributed by atoms with Crippen LogP contribution in [0.1, 0.15) is 17.7 Å². The van der Waals surface area contributed by atoms with E-state index in [-0.39, 0.29) is 6.42 Å².